The average Bonchev–Trinajstić information content (AvgIpc) is 2.62. The van der Waals surface area contributed by atoms with E-state index in [2.05, 4.69) is 21.6 Å². The van der Waals surface area contributed by atoms with Gasteiger partial charge in [0.1, 0.15) is 0 Å². The molecule has 0 bridgehead atoms. The molecule has 1 rings (SSSR count). The van der Waals surface area contributed by atoms with Gasteiger partial charge in [-0.3, -0.25) is 0 Å². The maximum atomic E-state index is 8.77. The van der Waals surface area contributed by atoms with Crippen LogP contribution in [0.15, 0.2) is 5.16 Å². The van der Waals surface area contributed by atoms with Crippen LogP contribution in [0.5, 0.6) is 0 Å². The Hall–Kier alpha value is -1.13. The Bertz CT molecular complexity index is 316. The molecule has 2 N–H and O–H groups in total. The Morgan fingerprint density at radius 1 is 1.71 bits per heavy atom. The number of thioether (sulfide) groups is 1. The largest absolute Gasteiger partial charge is 0.329 e. The SMILES string of the molecule is CCC(C#N)Sc1nnnn1CCN. The van der Waals surface area contributed by atoms with Gasteiger partial charge in [0.2, 0.25) is 5.16 Å². The van der Waals surface area contributed by atoms with Gasteiger partial charge >= 0.3 is 0 Å². The van der Waals surface area contributed by atoms with Gasteiger partial charge in [-0.15, -0.1) is 5.10 Å². The summed E-state index contributed by atoms with van der Waals surface area (Å²) in [5, 5.41) is 20.5. The number of rotatable bonds is 5. The molecule has 0 aliphatic carbocycles. The number of nitriles is 1. The highest BCUT2D eigenvalue weighted by atomic mass is 32.2. The number of nitrogens with zero attached hydrogens (tertiary/aromatic N) is 5. The highest BCUT2D eigenvalue weighted by Crippen LogP contribution is 2.21. The summed E-state index contributed by atoms with van der Waals surface area (Å²) in [6, 6.07) is 2.18. The van der Waals surface area contributed by atoms with E-state index < -0.39 is 0 Å². The number of hydrogen-bond donors (Lipinski definition) is 1. The van der Waals surface area contributed by atoms with Gasteiger partial charge in [-0.1, -0.05) is 18.7 Å². The lowest BCUT2D eigenvalue weighted by Gasteiger charge is -2.04. The molecule has 0 saturated heterocycles. The van der Waals surface area contributed by atoms with Crippen LogP contribution in [0.1, 0.15) is 13.3 Å². The van der Waals surface area contributed by atoms with E-state index in [1.165, 1.54) is 11.8 Å². The minimum Gasteiger partial charge on any atom is -0.329 e. The summed E-state index contributed by atoms with van der Waals surface area (Å²) in [6.45, 7) is 3.02. The molecule has 1 aromatic heterocycles. The van der Waals surface area contributed by atoms with Gasteiger partial charge in [0.05, 0.1) is 17.9 Å². The first-order valence-corrected chi connectivity index (χ1v) is 5.22. The van der Waals surface area contributed by atoms with Gasteiger partial charge in [0.15, 0.2) is 0 Å². The van der Waals surface area contributed by atoms with Crippen molar-refractivity contribution in [2.24, 2.45) is 5.73 Å². The van der Waals surface area contributed by atoms with Gasteiger partial charge in [-0.2, -0.15) is 5.26 Å². The van der Waals surface area contributed by atoms with Crippen molar-refractivity contribution in [3.05, 3.63) is 0 Å². The smallest absolute Gasteiger partial charge is 0.210 e. The number of nitrogens with two attached hydrogens (primary N) is 1. The molecule has 1 aromatic rings. The second-order valence-corrected chi connectivity index (χ2v) is 3.79. The molecule has 0 spiro atoms. The van der Waals surface area contributed by atoms with Crippen molar-refractivity contribution < 1.29 is 0 Å². The molecule has 0 aliphatic heterocycles. The molecule has 76 valence electrons. The number of hydrogen-bond acceptors (Lipinski definition) is 6. The first-order chi connectivity index (χ1) is 6.81. The lowest BCUT2D eigenvalue weighted by Crippen LogP contribution is -2.13. The molecule has 0 aromatic carbocycles. The third kappa shape index (κ3) is 2.68. The predicted molar refractivity (Wildman–Crippen MR) is 52.4 cm³/mol. The second-order valence-electron chi connectivity index (χ2n) is 2.62. The Morgan fingerprint density at radius 3 is 3.07 bits per heavy atom. The van der Waals surface area contributed by atoms with Crippen LogP contribution in [0, 0.1) is 11.3 Å². The average molecular weight is 212 g/mol. The fourth-order valence-electron chi connectivity index (χ4n) is 0.872. The molecule has 0 fully saturated rings. The Morgan fingerprint density at radius 2 is 2.50 bits per heavy atom. The van der Waals surface area contributed by atoms with Crippen LogP contribution in [0.3, 0.4) is 0 Å². The molecule has 0 aliphatic rings. The summed E-state index contributed by atoms with van der Waals surface area (Å²) >= 11 is 1.37. The zero-order valence-electron chi connectivity index (χ0n) is 7.92. The van der Waals surface area contributed by atoms with Crippen LogP contribution in [-0.2, 0) is 6.54 Å². The minimum absolute atomic E-state index is 0.0995. The molecule has 14 heavy (non-hydrogen) atoms. The quantitative estimate of drug-likeness (QED) is 0.692. The Labute approximate surface area is 86.5 Å². The van der Waals surface area contributed by atoms with Gasteiger partial charge in [0, 0.05) is 6.54 Å². The summed E-state index contributed by atoms with van der Waals surface area (Å²) in [6.07, 6.45) is 0.774. The fourth-order valence-corrected chi connectivity index (χ4v) is 1.68. The van der Waals surface area contributed by atoms with E-state index in [0.717, 1.165) is 6.42 Å². The molecule has 1 unspecified atom stereocenters. The molecule has 1 heterocycles. The molecule has 7 heteroatoms. The molecule has 0 saturated carbocycles. The first-order valence-electron chi connectivity index (χ1n) is 4.34. The van der Waals surface area contributed by atoms with Crippen molar-refractivity contribution in [3.8, 4) is 6.07 Å². The van der Waals surface area contributed by atoms with Crippen molar-refractivity contribution in [3.63, 3.8) is 0 Å². The monoisotopic (exact) mass is 212 g/mol. The molecule has 0 amide bonds. The van der Waals surface area contributed by atoms with Crippen molar-refractivity contribution >= 4 is 11.8 Å². The molecule has 1 atom stereocenters. The van der Waals surface area contributed by atoms with Crippen LogP contribution >= 0.6 is 11.8 Å². The third-order valence-electron chi connectivity index (χ3n) is 1.60. The maximum Gasteiger partial charge on any atom is 0.210 e. The van der Waals surface area contributed by atoms with Gasteiger partial charge in [-0.25, -0.2) is 4.68 Å². The van der Waals surface area contributed by atoms with Gasteiger partial charge in [-0.05, 0) is 16.8 Å². The van der Waals surface area contributed by atoms with Crippen LogP contribution in [0.4, 0.5) is 0 Å². The van der Waals surface area contributed by atoms with E-state index in [1.54, 1.807) is 4.68 Å². The van der Waals surface area contributed by atoms with Crippen LogP contribution in [0.2, 0.25) is 0 Å². The van der Waals surface area contributed by atoms with E-state index in [1.807, 2.05) is 6.92 Å². The van der Waals surface area contributed by atoms with Crippen LogP contribution in [-0.4, -0.2) is 32.0 Å². The standard InChI is InChI=1S/C7H12N6S/c1-2-6(5-9)14-7-10-11-12-13(7)4-3-8/h6H,2-4,8H2,1H3. The number of aromatic nitrogens is 4. The van der Waals surface area contributed by atoms with E-state index in [4.69, 9.17) is 11.0 Å². The van der Waals surface area contributed by atoms with Crippen molar-refractivity contribution in [2.45, 2.75) is 30.3 Å². The molecule has 0 radical (unpaired) electrons. The van der Waals surface area contributed by atoms with Crippen molar-refractivity contribution in [2.75, 3.05) is 6.54 Å². The normalized spacial score (nSPS) is 12.4. The third-order valence-corrected chi connectivity index (χ3v) is 2.83. The Balaban J connectivity index is 2.66. The van der Waals surface area contributed by atoms with Crippen molar-refractivity contribution in [1.29, 1.82) is 5.26 Å². The molecule has 6 nitrogen and oxygen atoms in total. The van der Waals surface area contributed by atoms with Crippen molar-refractivity contribution in [1.82, 2.24) is 20.2 Å². The zero-order chi connectivity index (χ0) is 10.4. The second kappa shape index (κ2) is 5.57. The minimum atomic E-state index is -0.0995. The molecular weight excluding hydrogens is 200 g/mol. The highest BCUT2D eigenvalue weighted by Gasteiger charge is 2.12. The van der Waals surface area contributed by atoms with Crippen LogP contribution in [0.25, 0.3) is 0 Å². The van der Waals surface area contributed by atoms with Crippen LogP contribution < -0.4 is 5.73 Å². The maximum absolute atomic E-state index is 8.77. The molecular formula is C7H12N6S. The summed E-state index contributed by atoms with van der Waals surface area (Å²) < 4.78 is 1.62. The van der Waals surface area contributed by atoms with Gasteiger partial charge < -0.3 is 5.73 Å². The summed E-state index contributed by atoms with van der Waals surface area (Å²) in [5.41, 5.74) is 5.39. The lowest BCUT2D eigenvalue weighted by molar-refractivity contribution is 0.556. The summed E-state index contributed by atoms with van der Waals surface area (Å²) in [5.74, 6) is 0. The van der Waals surface area contributed by atoms with E-state index in [9.17, 15) is 0 Å². The topological polar surface area (TPSA) is 93.4 Å². The van der Waals surface area contributed by atoms with E-state index in [-0.39, 0.29) is 5.25 Å². The number of tetrazole rings is 1. The zero-order valence-corrected chi connectivity index (χ0v) is 8.74. The van der Waals surface area contributed by atoms with E-state index >= 15 is 0 Å². The Kier molecular flexibility index (Phi) is 4.35. The first kappa shape index (κ1) is 10.9. The lowest BCUT2D eigenvalue weighted by atomic mass is 10.4. The van der Waals surface area contributed by atoms with Gasteiger partial charge in [0.25, 0.3) is 0 Å². The highest BCUT2D eigenvalue weighted by molar-refractivity contribution is 8.00. The predicted octanol–water partition coefficient (Wildman–Crippen LogP) is 0.0261. The summed E-state index contributed by atoms with van der Waals surface area (Å²) in [4.78, 5) is 0. The summed E-state index contributed by atoms with van der Waals surface area (Å²) in [7, 11) is 0. The fraction of sp³-hybridized carbons (Fsp3) is 0.714. The van der Waals surface area contributed by atoms with E-state index in [0.29, 0.717) is 18.2 Å².